The van der Waals surface area contributed by atoms with E-state index in [0.29, 0.717) is 12.5 Å². The van der Waals surface area contributed by atoms with Crippen LogP contribution in [0.4, 0.5) is 13.2 Å². The number of hydrogen-bond donors (Lipinski definition) is 0. The number of rotatable bonds is 3. The van der Waals surface area contributed by atoms with Gasteiger partial charge in [-0.2, -0.15) is 17.5 Å². The molecule has 0 spiro atoms. The minimum Gasteiger partial charge on any atom is -0.380 e. The van der Waals surface area contributed by atoms with Crippen molar-refractivity contribution in [1.29, 1.82) is 0 Å². The molecule has 0 aromatic heterocycles. The van der Waals surface area contributed by atoms with Crippen LogP contribution in [0.5, 0.6) is 0 Å². The first-order valence-corrected chi connectivity index (χ1v) is 7.39. The van der Waals surface area contributed by atoms with Crippen LogP contribution in [-0.2, 0) is 20.9 Å². The van der Waals surface area contributed by atoms with E-state index in [1.54, 1.807) is 0 Å². The van der Waals surface area contributed by atoms with Gasteiger partial charge in [-0.25, -0.2) is 8.42 Å². The molecule has 0 unspecified atom stereocenters. The Kier molecular flexibility index (Phi) is 4.08. The van der Waals surface area contributed by atoms with Gasteiger partial charge in [0.1, 0.15) is 0 Å². The van der Waals surface area contributed by atoms with Gasteiger partial charge in [-0.3, -0.25) is 0 Å². The molecule has 0 amide bonds. The predicted octanol–water partition coefficient (Wildman–Crippen LogP) is 2.11. The van der Waals surface area contributed by atoms with Gasteiger partial charge in [0.05, 0.1) is 16.6 Å². The van der Waals surface area contributed by atoms with Crippen LogP contribution in [0.2, 0.25) is 0 Å². The molecule has 0 bridgehead atoms. The predicted molar refractivity (Wildman–Crippen MR) is 65.6 cm³/mol. The van der Waals surface area contributed by atoms with Crippen molar-refractivity contribution >= 4 is 10.0 Å². The quantitative estimate of drug-likeness (QED) is 0.859. The molecule has 20 heavy (non-hydrogen) atoms. The molecule has 0 radical (unpaired) electrons. The molecule has 1 fully saturated rings. The van der Waals surface area contributed by atoms with Gasteiger partial charge in [0, 0.05) is 20.2 Å². The fourth-order valence-corrected chi connectivity index (χ4v) is 3.62. The van der Waals surface area contributed by atoms with Gasteiger partial charge in [0.15, 0.2) is 0 Å². The van der Waals surface area contributed by atoms with Crippen molar-refractivity contribution in [3.05, 3.63) is 29.8 Å². The van der Waals surface area contributed by atoms with Gasteiger partial charge in [-0.15, -0.1) is 0 Å². The zero-order chi connectivity index (χ0) is 15.0. The van der Waals surface area contributed by atoms with E-state index in [1.165, 1.54) is 13.2 Å². The number of ether oxygens (including phenoxy) is 1. The summed E-state index contributed by atoms with van der Waals surface area (Å²) in [6.45, 7) is 0.409. The first kappa shape index (κ1) is 15.3. The molecule has 0 saturated carbocycles. The van der Waals surface area contributed by atoms with E-state index in [0.717, 1.165) is 16.4 Å². The van der Waals surface area contributed by atoms with Crippen molar-refractivity contribution in [3.8, 4) is 0 Å². The molecular formula is C12H14F3NO3S. The van der Waals surface area contributed by atoms with Crippen LogP contribution >= 0.6 is 0 Å². The Labute approximate surface area is 115 Å². The SMILES string of the molecule is CO[C@@H]1CCN(S(=O)(=O)c2cccc(C(F)(F)F)c2)C1. The Morgan fingerprint density at radius 2 is 2.05 bits per heavy atom. The van der Waals surface area contributed by atoms with E-state index < -0.39 is 21.8 Å². The molecule has 0 aliphatic carbocycles. The fourth-order valence-electron chi connectivity index (χ4n) is 2.09. The third-order valence-corrected chi connectivity index (χ3v) is 5.10. The number of halogens is 3. The van der Waals surface area contributed by atoms with Crippen LogP contribution in [0.25, 0.3) is 0 Å². The molecule has 1 aromatic rings. The summed E-state index contributed by atoms with van der Waals surface area (Å²) in [7, 11) is -2.43. The van der Waals surface area contributed by atoms with Crippen molar-refractivity contribution in [3.63, 3.8) is 0 Å². The molecule has 2 rings (SSSR count). The average Bonchev–Trinajstić information content (AvgIpc) is 2.87. The van der Waals surface area contributed by atoms with Gasteiger partial charge in [0.2, 0.25) is 10.0 Å². The molecule has 8 heteroatoms. The number of nitrogens with zero attached hydrogens (tertiary/aromatic N) is 1. The van der Waals surface area contributed by atoms with Crippen molar-refractivity contribution in [1.82, 2.24) is 4.31 Å². The Morgan fingerprint density at radius 3 is 2.60 bits per heavy atom. The third-order valence-electron chi connectivity index (χ3n) is 3.24. The number of hydrogen-bond acceptors (Lipinski definition) is 3. The van der Waals surface area contributed by atoms with Crippen molar-refractivity contribution in [2.24, 2.45) is 0 Å². The Morgan fingerprint density at radius 1 is 1.35 bits per heavy atom. The molecule has 1 aliphatic rings. The van der Waals surface area contributed by atoms with E-state index in [4.69, 9.17) is 4.74 Å². The number of sulfonamides is 1. The van der Waals surface area contributed by atoms with E-state index in [9.17, 15) is 21.6 Å². The van der Waals surface area contributed by atoms with Gasteiger partial charge >= 0.3 is 6.18 Å². The molecule has 0 N–H and O–H groups in total. The van der Waals surface area contributed by atoms with Crippen LogP contribution in [0.1, 0.15) is 12.0 Å². The highest BCUT2D eigenvalue weighted by atomic mass is 32.2. The summed E-state index contributed by atoms with van der Waals surface area (Å²) < 4.78 is 68.6. The second kappa shape index (κ2) is 5.34. The number of methoxy groups -OCH3 is 1. The van der Waals surface area contributed by atoms with E-state index in [1.807, 2.05) is 0 Å². The average molecular weight is 309 g/mol. The fraction of sp³-hybridized carbons (Fsp3) is 0.500. The second-order valence-corrected chi connectivity index (χ2v) is 6.47. The second-order valence-electron chi connectivity index (χ2n) is 4.54. The van der Waals surface area contributed by atoms with E-state index >= 15 is 0 Å². The van der Waals surface area contributed by atoms with Gasteiger partial charge in [-0.05, 0) is 24.6 Å². The maximum atomic E-state index is 12.6. The minimum absolute atomic E-state index is 0.162. The summed E-state index contributed by atoms with van der Waals surface area (Å²) in [6.07, 6.45) is -4.24. The van der Waals surface area contributed by atoms with Gasteiger partial charge in [-0.1, -0.05) is 6.07 Å². The van der Waals surface area contributed by atoms with Gasteiger partial charge < -0.3 is 4.74 Å². The van der Waals surface area contributed by atoms with Crippen LogP contribution in [0.3, 0.4) is 0 Å². The monoisotopic (exact) mass is 309 g/mol. The molecule has 1 saturated heterocycles. The summed E-state index contributed by atoms with van der Waals surface area (Å²) in [5.74, 6) is 0. The van der Waals surface area contributed by atoms with Crippen LogP contribution in [-0.4, -0.2) is 39.0 Å². The first-order chi connectivity index (χ1) is 9.25. The molecule has 1 aromatic carbocycles. The van der Waals surface area contributed by atoms with Crippen molar-refractivity contribution in [2.45, 2.75) is 23.6 Å². The van der Waals surface area contributed by atoms with E-state index in [2.05, 4.69) is 0 Å². The zero-order valence-corrected chi connectivity index (χ0v) is 11.5. The molecule has 1 aliphatic heterocycles. The molecular weight excluding hydrogens is 295 g/mol. The lowest BCUT2D eigenvalue weighted by Gasteiger charge is -2.17. The Balaban J connectivity index is 2.31. The third kappa shape index (κ3) is 2.97. The Hall–Kier alpha value is -1.12. The number of alkyl halides is 3. The topological polar surface area (TPSA) is 46.6 Å². The number of benzene rings is 1. The van der Waals surface area contributed by atoms with E-state index in [-0.39, 0.29) is 24.1 Å². The van der Waals surface area contributed by atoms with Crippen molar-refractivity contribution < 1.29 is 26.3 Å². The van der Waals surface area contributed by atoms with Crippen LogP contribution in [0.15, 0.2) is 29.2 Å². The molecule has 112 valence electrons. The normalized spacial score (nSPS) is 21.3. The molecule has 4 nitrogen and oxygen atoms in total. The maximum Gasteiger partial charge on any atom is 0.416 e. The van der Waals surface area contributed by atoms with Gasteiger partial charge in [0.25, 0.3) is 0 Å². The maximum absolute atomic E-state index is 12.6. The lowest BCUT2D eigenvalue weighted by molar-refractivity contribution is -0.137. The van der Waals surface area contributed by atoms with Crippen molar-refractivity contribution in [2.75, 3.05) is 20.2 Å². The lowest BCUT2D eigenvalue weighted by Crippen LogP contribution is -2.30. The largest absolute Gasteiger partial charge is 0.416 e. The summed E-state index contributed by atoms with van der Waals surface area (Å²) >= 11 is 0. The van der Waals surface area contributed by atoms with Crippen LogP contribution < -0.4 is 0 Å². The minimum atomic E-state index is -4.56. The highest BCUT2D eigenvalue weighted by Gasteiger charge is 2.35. The lowest BCUT2D eigenvalue weighted by atomic mass is 10.2. The standard InChI is InChI=1S/C12H14F3NO3S/c1-19-10-5-6-16(8-10)20(17,18)11-4-2-3-9(7-11)12(13,14)15/h2-4,7,10H,5-6,8H2,1H3/t10-/m1/s1. The first-order valence-electron chi connectivity index (χ1n) is 5.95. The molecule has 1 heterocycles. The summed E-state index contributed by atoms with van der Waals surface area (Å²) in [5, 5.41) is 0. The summed E-state index contributed by atoms with van der Waals surface area (Å²) in [5.41, 5.74) is -0.971. The highest BCUT2D eigenvalue weighted by Crippen LogP contribution is 2.31. The zero-order valence-electron chi connectivity index (χ0n) is 10.7. The molecule has 1 atom stereocenters. The smallest absolute Gasteiger partial charge is 0.380 e. The highest BCUT2D eigenvalue weighted by molar-refractivity contribution is 7.89. The Bertz CT molecular complexity index is 586. The summed E-state index contributed by atoms with van der Waals surface area (Å²) in [4.78, 5) is -0.343. The summed E-state index contributed by atoms with van der Waals surface area (Å²) in [6, 6.07) is 3.78. The van der Waals surface area contributed by atoms with Crippen LogP contribution in [0, 0.1) is 0 Å².